The van der Waals surface area contributed by atoms with E-state index < -0.39 is 0 Å². The first-order chi connectivity index (χ1) is 11.2. The predicted octanol–water partition coefficient (Wildman–Crippen LogP) is 6.88. The average Bonchev–Trinajstić information content (AvgIpc) is 2.97. The Balaban J connectivity index is 0.00000208. The van der Waals surface area contributed by atoms with Crippen LogP contribution in [0.2, 0.25) is 10.0 Å². The van der Waals surface area contributed by atoms with E-state index in [0.29, 0.717) is 16.1 Å². The van der Waals surface area contributed by atoms with Gasteiger partial charge in [-0.1, -0.05) is 55.3 Å². The Bertz CT molecular complexity index is 633. The summed E-state index contributed by atoms with van der Waals surface area (Å²) >= 11 is 12.3. The van der Waals surface area contributed by atoms with Gasteiger partial charge < -0.3 is 9.73 Å². The molecule has 0 aliphatic heterocycles. The molecular weight excluding hydrogens is 365 g/mol. The Hall–Kier alpha value is -0.670. The summed E-state index contributed by atoms with van der Waals surface area (Å²) in [7, 11) is 0. The van der Waals surface area contributed by atoms with E-state index in [2.05, 4.69) is 5.32 Å². The molecular formula is C19H24Cl3NO. The van der Waals surface area contributed by atoms with Crippen LogP contribution in [0.1, 0.15) is 50.7 Å². The molecule has 1 aliphatic carbocycles. The number of rotatable bonds is 4. The van der Waals surface area contributed by atoms with Crippen molar-refractivity contribution in [2.45, 2.75) is 57.5 Å². The highest BCUT2D eigenvalue weighted by Crippen LogP contribution is 2.31. The fraction of sp³-hybridized carbons (Fsp3) is 0.474. The van der Waals surface area contributed by atoms with E-state index in [1.165, 1.54) is 44.9 Å². The van der Waals surface area contributed by atoms with E-state index in [9.17, 15) is 0 Å². The minimum Gasteiger partial charge on any atom is -0.460 e. The molecule has 1 heterocycles. The smallest absolute Gasteiger partial charge is 0.135 e. The molecule has 5 heteroatoms. The van der Waals surface area contributed by atoms with E-state index in [0.717, 1.165) is 23.6 Å². The van der Waals surface area contributed by atoms with Gasteiger partial charge in [-0.05, 0) is 43.2 Å². The molecule has 0 spiro atoms. The van der Waals surface area contributed by atoms with Crippen LogP contribution >= 0.6 is 35.6 Å². The van der Waals surface area contributed by atoms with Gasteiger partial charge in [0.05, 0.1) is 11.6 Å². The molecule has 0 amide bonds. The largest absolute Gasteiger partial charge is 0.460 e. The third-order valence-corrected chi connectivity index (χ3v) is 5.09. The highest BCUT2D eigenvalue weighted by Gasteiger charge is 2.13. The average molecular weight is 389 g/mol. The van der Waals surface area contributed by atoms with Gasteiger partial charge in [-0.15, -0.1) is 12.4 Å². The molecule has 0 atom stereocenters. The van der Waals surface area contributed by atoms with Crippen molar-refractivity contribution >= 4 is 35.6 Å². The molecule has 1 saturated carbocycles. The summed E-state index contributed by atoms with van der Waals surface area (Å²) in [4.78, 5) is 0. The Morgan fingerprint density at radius 3 is 2.42 bits per heavy atom. The standard InChI is InChI=1S/C19H23Cl2NO.ClH/c20-14-8-10-18(21)17(12-14)19-11-9-16(23-19)13-22-15-6-4-2-1-3-5-7-15;/h8-12,15,22H,1-7,13H2;1H. The number of hydrogen-bond acceptors (Lipinski definition) is 2. The van der Waals surface area contributed by atoms with Crippen molar-refractivity contribution in [1.82, 2.24) is 5.32 Å². The fourth-order valence-corrected chi connectivity index (χ4v) is 3.59. The normalized spacial score (nSPS) is 16.2. The molecule has 0 saturated heterocycles. The van der Waals surface area contributed by atoms with Crippen molar-refractivity contribution in [1.29, 1.82) is 0 Å². The first-order valence-corrected chi connectivity index (χ1v) is 9.25. The van der Waals surface area contributed by atoms with Crippen LogP contribution in [-0.2, 0) is 6.54 Å². The van der Waals surface area contributed by atoms with Crippen LogP contribution in [0.25, 0.3) is 11.3 Å². The van der Waals surface area contributed by atoms with E-state index in [1.54, 1.807) is 12.1 Å². The van der Waals surface area contributed by atoms with Gasteiger partial charge in [0.2, 0.25) is 0 Å². The van der Waals surface area contributed by atoms with Gasteiger partial charge in [0.15, 0.2) is 0 Å². The van der Waals surface area contributed by atoms with E-state index >= 15 is 0 Å². The van der Waals surface area contributed by atoms with Crippen molar-refractivity contribution in [3.05, 3.63) is 46.1 Å². The maximum absolute atomic E-state index is 6.24. The summed E-state index contributed by atoms with van der Waals surface area (Å²) in [6.45, 7) is 0.767. The van der Waals surface area contributed by atoms with Gasteiger partial charge in [-0.25, -0.2) is 0 Å². The summed E-state index contributed by atoms with van der Waals surface area (Å²) in [5.41, 5.74) is 0.844. The summed E-state index contributed by atoms with van der Waals surface area (Å²) in [6.07, 6.45) is 9.35. The zero-order chi connectivity index (χ0) is 16.1. The van der Waals surface area contributed by atoms with Gasteiger partial charge in [0, 0.05) is 16.6 Å². The third kappa shape index (κ3) is 5.42. The topological polar surface area (TPSA) is 25.2 Å². The zero-order valence-electron chi connectivity index (χ0n) is 13.7. The minimum atomic E-state index is 0. The van der Waals surface area contributed by atoms with Crippen LogP contribution < -0.4 is 5.32 Å². The van der Waals surface area contributed by atoms with Gasteiger partial charge in [-0.3, -0.25) is 0 Å². The molecule has 1 fully saturated rings. The molecule has 0 unspecified atom stereocenters. The molecule has 0 bridgehead atoms. The lowest BCUT2D eigenvalue weighted by molar-refractivity contribution is 0.373. The number of benzene rings is 1. The van der Waals surface area contributed by atoms with Gasteiger partial charge in [0.1, 0.15) is 11.5 Å². The van der Waals surface area contributed by atoms with Crippen LogP contribution in [0.5, 0.6) is 0 Å². The Kier molecular flexibility index (Phi) is 7.96. The molecule has 1 aliphatic rings. The fourth-order valence-electron chi connectivity index (χ4n) is 3.21. The third-order valence-electron chi connectivity index (χ3n) is 4.53. The van der Waals surface area contributed by atoms with Crippen molar-refractivity contribution < 1.29 is 4.42 Å². The molecule has 0 radical (unpaired) electrons. The lowest BCUT2D eigenvalue weighted by Gasteiger charge is -2.20. The zero-order valence-corrected chi connectivity index (χ0v) is 16.0. The first-order valence-electron chi connectivity index (χ1n) is 8.50. The maximum Gasteiger partial charge on any atom is 0.135 e. The van der Waals surface area contributed by atoms with E-state index in [1.807, 2.05) is 18.2 Å². The molecule has 1 aromatic heterocycles. The molecule has 2 nitrogen and oxygen atoms in total. The van der Waals surface area contributed by atoms with Crippen LogP contribution in [0.4, 0.5) is 0 Å². The Morgan fingerprint density at radius 1 is 0.958 bits per heavy atom. The van der Waals surface area contributed by atoms with Crippen molar-refractivity contribution in [3.63, 3.8) is 0 Å². The van der Waals surface area contributed by atoms with Crippen LogP contribution in [0, 0.1) is 0 Å². The predicted molar refractivity (Wildman–Crippen MR) is 104 cm³/mol. The van der Waals surface area contributed by atoms with Crippen LogP contribution in [0.15, 0.2) is 34.7 Å². The molecule has 3 rings (SSSR count). The highest BCUT2D eigenvalue weighted by atomic mass is 35.5. The van der Waals surface area contributed by atoms with E-state index in [-0.39, 0.29) is 12.4 Å². The molecule has 24 heavy (non-hydrogen) atoms. The number of halogens is 3. The highest BCUT2D eigenvalue weighted by molar-refractivity contribution is 6.35. The molecule has 2 aromatic rings. The maximum atomic E-state index is 6.24. The number of hydrogen-bond donors (Lipinski definition) is 1. The van der Waals surface area contributed by atoms with Crippen molar-refractivity contribution in [3.8, 4) is 11.3 Å². The number of furan rings is 1. The summed E-state index contributed by atoms with van der Waals surface area (Å²) < 4.78 is 5.95. The first kappa shape index (κ1) is 19.7. The van der Waals surface area contributed by atoms with E-state index in [4.69, 9.17) is 27.6 Å². The second-order valence-electron chi connectivity index (χ2n) is 6.31. The van der Waals surface area contributed by atoms with Crippen molar-refractivity contribution in [2.75, 3.05) is 0 Å². The lowest BCUT2D eigenvalue weighted by Crippen LogP contribution is -2.29. The van der Waals surface area contributed by atoms with Gasteiger partial charge in [0.25, 0.3) is 0 Å². The molecule has 1 aromatic carbocycles. The number of nitrogens with one attached hydrogen (secondary N) is 1. The van der Waals surface area contributed by atoms with Gasteiger partial charge in [-0.2, -0.15) is 0 Å². The van der Waals surface area contributed by atoms with Crippen LogP contribution in [0.3, 0.4) is 0 Å². The Morgan fingerprint density at radius 2 is 1.67 bits per heavy atom. The molecule has 1 N–H and O–H groups in total. The second-order valence-corrected chi connectivity index (χ2v) is 7.16. The summed E-state index contributed by atoms with van der Waals surface area (Å²) in [5, 5.41) is 4.96. The Labute approximate surface area is 160 Å². The van der Waals surface area contributed by atoms with Gasteiger partial charge >= 0.3 is 0 Å². The quantitative estimate of drug-likeness (QED) is 0.617. The summed E-state index contributed by atoms with van der Waals surface area (Å²) in [5.74, 6) is 1.71. The summed E-state index contributed by atoms with van der Waals surface area (Å²) in [6, 6.07) is 10.0. The monoisotopic (exact) mass is 387 g/mol. The SMILES string of the molecule is Cl.Clc1ccc(Cl)c(-c2ccc(CNC3CCCCCCC3)o2)c1. The van der Waals surface area contributed by atoms with Crippen LogP contribution in [-0.4, -0.2) is 6.04 Å². The lowest BCUT2D eigenvalue weighted by atomic mass is 9.97. The molecule has 132 valence electrons. The minimum absolute atomic E-state index is 0. The second kappa shape index (κ2) is 9.72. The van der Waals surface area contributed by atoms with Crippen molar-refractivity contribution in [2.24, 2.45) is 0 Å².